The summed E-state index contributed by atoms with van der Waals surface area (Å²) in [7, 11) is 4.88. The second-order valence-corrected chi connectivity index (χ2v) is 6.31. The lowest BCUT2D eigenvalue weighted by molar-refractivity contribution is -0.120. The molecule has 0 saturated heterocycles. The topological polar surface area (TPSA) is 50.8 Å². The zero-order chi connectivity index (χ0) is 20.1. The number of rotatable bonds is 7. The van der Waals surface area contributed by atoms with Crippen molar-refractivity contribution in [3.63, 3.8) is 0 Å². The van der Waals surface area contributed by atoms with E-state index in [1.165, 1.54) is 6.07 Å². The lowest BCUT2D eigenvalue weighted by atomic mass is 10.1. The van der Waals surface area contributed by atoms with Crippen LogP contribution in [0.5, 0.6) is 11.5 Å². The highest BCUT2D eigenvalue weighted by molar-refractivity contribution is 5.94. The molecule has 0 unspecified atom stereocenters. The Balaban J connectivity index is 2.13. The number of amides is 1. The van der Waals surface area contributed by atoms with Crippen LogP contribution in [0.3, 0.4) is 0 Å². The maximum atomic E-state index is 13.7. The highest BCUT2D eigenvalue weighted by atomic mass is 19.1. The minimum absolute atomic E-state index is 0.440. The van der Waals surface area contributed by atoms with Gasteiger partial charge in [-0.05, 0) is 56.3 Å². The van der Waals surface area contributed by atoms with E-state index in [1.807, 2.05) is 19.1 Å². The van der Waals surface area contributed by atoms with E-state index < -0.39 is 29.3 Å². The van der Waals surface area contributed by atoms with Crippen LogP contribution in [0.2, 0.25) is 0 Å². The predicted molar refractivity (Wildman–Crippen MR) is 100 cm³/mol. The van der Waals surface area contributed by atoms with Crippen molar-refractivity contribution >= 4 is 11.6 Å². The molecular weight excluding hydrogens is 354 g/mol. The summed E-state index contributed by atoms with van der Waals surface area (Å²) in [6.07, 6.45) is 0. The van der Waals surface area contributed by atoms with E-state index in [1.54, 1.807) is 33.1 Å². The van der Waals surface area contributed by atoms with Gasteiger partial charge in [0.25, 0.3) is 0 Å². The van der Waals surface area contributed by atoms with Crippen LogP contribution in [0, 0.1) is 18.6 Å². The zero-order valence-corrected chi connectivity index (χ0v) is 16.1. The fourth-order valence-corrected chi connectivity index (χ4v) is 2.64. The Bertz CT molecular complexity index is 807. The van der Waals surface area contributed by atoms with Gasteiger partial charge in [0.2, 0.25) is 5.91 Å². The van der Waals surface area contributed by atoms with Crippen LogP contribution in [0.4, 0.5) is 14.5 Å². The molecular formula is C20H24F2N2O3. The van der Waals surface area contributed by atoms with Gasteiger partial charge < -0.3 is 14.8 Å². The largest absolute Gasteiger partial charge is 0.493 e. The molecule has 7 heteroatoms. The fraction of sp³-hybridized carbons (Fsp3) is 0.350. The van der Waals surface area contributed by atoms with E-state index >= 15 is 0 Å². The third-order valence-corrected chi connectivity index (χ3v) is 4.51. The van der Waals surface area contributed by atoms with Crippen LogP contribution in [-0.4, -0.2) is 38.1 Å². The quantitative estimate of drug-likeness (QED) is 0.797. The van der Waals surface area contributed by atoms with E-state index in [0.29, 0.717) is 18.0 Å². The molecule has 2 rings (SSSR count). The first kappa shape index (κ1) is 20.6. The Labute approximate surface area is 157 Å². The van der Waals surface area contributed by atoms with E-state index in [9.17, 15) is 13.6 Å². The van der Waals surface area contributed by atoms with Gasteiger partial charge in [-0.3, -0.25) is 9.69 Å². The number of methoxy groups -OCH3 is 2. The molecule has 0 saturated carbocycles. The maximum Gasteiger partial charge on any atom is 0.241 e. The minimum atomic E-state index is -0.811. The number of para-hydroxylation sites is 1. The van der Waals surface area contributed by atoms with Crippen LogP contribution in [-0.2, 0) is 11.3 Å². The summed E-state index contributed by atoms with van der Waals surface area (Å²) in [4.78, 5) is 14.2. The minimum Gasteiger partial charge on any atom is -0.493 e. The molecule has 1 N–H and O–H groups in total. The van der Waals surface area contributed by atoms with Crippen molar-refractivity contribution in [2.45, 2.75) is 26.4 Å². The lowest BCUT2D eigenvalue weighted by Crippen LogP contribution is -2.39. The summed E-state index contributed by atoms with van der Waals surface area (Å²) in [5.41, 5.74) is 1.49. The second-order valence-electron chi connectivity index (χ2n) is 6.31. The van der Waals surface area contributed by atoms with Crippen LogP contribution in [0.15, 0.2) is 30.3 Å². The van der Waals surface area contributed by atoms with Crippen LogP contribution in [0.1, 0.15) is 18.1 Å². The molecule has 0 aliphatic heterocycles. The summed E-state index contributed by atoms with van der Waals surface area (Å²) in [5, 5.41) is 2.33. The molecule has 0 fully saturated rings. The average Bonchev–Trinajstić information content (AvgIpc) is 2.65. The van der Waals surface area contributed by atoms with Gasteiger partial charge in [0.15, 0.2) is 11.5 Å². The molecule has 1 amide bonds. The molecule has 27 heavy (non-hydrogen) atoms. The molecule has 0 aliphatic carbocycles. The summed E-state index contributed by atoms with van der Waals surface area (Å²) in [6.45, 7) is 4.05. The molecule has 0 radical (unpaired) electrons. The molecule has 2 aromatic rings. The number of ether oxygens (including phenoxy) is 2. The lowest BCUT2D eigenvalue weighted by Gasteiger charge is -2.25. The molecule has 0 spiro atoms. The molecule has 0 aliphatic rings. The summed E-state index contributed by atoms with van der Waals surface area (Å²) in [6, 6.07) is 6.54. The highest BCUT2D eigenvalue weighted by Gasteiger charge is 2.22. The van der Waals surface area contributed by atoms with E-state index in [2.05, 4.69) is 5.32 Å². The fourth-order valence-electron chi connectivity index (χ4n) is 2.64. The first-order valence-corrected chi connectivity index (χ1v) is 8.45. The van der Waals surface area contributed by atoms with Crippen LogP contribution in [0.25, 0.3) is 0 Å². The number of carbonyl (C=O) groups is 1. The van der Waals surface area contributed by atoms with Gasteiger partial charge in [-0.2, -0.15) is 0 Å². The average molecular weight is 378 g/mol. The van der Waals surface area contributed by atoms with Crippen LogP contribution < -0.4 is 14.8 Å². The number of nitrogens with one attached hydrogen (secondary N) is 1. The van der Waals surface area contributed by atoms with Gasteiger partial charge in [0.1, 0.15) is 17.3 Å². The molecule has 146 valence electrons. The monoisotopic (exact) mass is 378 g/mol. The van der Waals surface area contributed by atoms with Gasteiger partial charge in [0.05, 0.1) is 20.3 Å². The first-order valence-electron chi connectivity index (χ1n) is 8.45. The van der Waals surface area contributed by atoms with Crippen molar-refractivity contribution < 1.29 is 23.0 Å². The molecule has 1 atom stereocenters. The maximum absolute atomic E-state index is 13.7. The number of aryl methyl sites for hydroxylation is 1. The number of anilines is 1. The standard InChI is InChI=1S/C20H24F2N2O3/c1-12-9-17(26-4)18(27-5)10-14(12)11-24(3)13(2)20(25)23-19-15(21)7-6-8-16(19)22/h6-10,13H,11H2,1-5H3,(H,23,25)/t13-/m1/s1. The van der Waals surface area contributed by atoms with Crippen LogP contribution >= 0.6 is 0 Å². The number of hydrogen-bond acceptors (Lipinski definition) is 4. The smallest absolute Gasteiger partial charge is 0.241 e. The normalized spacial score (nSPS) is 12.0. The Morgan fingerprint density at radius 1 is 1.15 bits per heavy atom. The number of likely N-dealkylation sites (N-methyl/N-ethyl adjacent to an activating group) is 1. The SMILES string of the molecule is COc1cc(C)c(CN(C)[C@H](C)C(=O)Nc2c(F)cccc2F)cc1OC. The molecule has 0 aromatic heterocycles. The van der Waals surface area contributed by atoms with Gasteiger partial charge in [0, 0.05) is 6.54 Å². The molecule has 5 nitrogen and oxygen atoms in total. The zero-order valence-electron chi connectivity index (χ0n) is 16.1. The Hall–Kier alpha value is -2.67. The predicted octanol–water partition coefficient (Wildman–Crippen LogP) is 3.75. The van der Waals surface area contributed by atoms with E-state index in [0.717, 1.165) is 23.3 Å². The Morgan fingerprint density at radius 3 is 2.26 bits per heavy atom. The number of hydrogen-bond donors (Lipinski definition) is 1. The van der Waals surface area contributed by atoms with E-state index in [4.69, 9.17) is 9.47 Å². The van der Waals surface area contributed by atoms with Crippen molar-refractivity contribution in [1.29, 1.82) is 0 Å². The molecule has 2 aromatic carbocycles. The van der Waals surface area contributed by atoms with Gasteiger partial charge in [-0.1, -0.05) is 6.07 Å². The summed E-state index contributed by atoms with van der Waals surface area (Å²) < 4.78 is 38.1. The third kappa shape index (κ3) is 4.74. The van der Waals surface area contributed by atoms with Gasteiger partial charge in [-0.15, -0.1) is 0 Å². The van der Waals surface area contributed by atoms with Crippen molar-refractivity contribution in [2.24, 2.45) is 0 Å². The van der Waals surface area contributed by atoms with Crippen molar-refractivity contribution in [3.05, 3.63) is 53.1 Å². The first-order chi connectivity index (χ1) is 12.8. The number of nitrogens with zero attached hydrogens (tertiary/aromatic N) is 1. The number of carbonyl (C=O) groups excluding carboxylic acids is 1. The number of halogens is 2. The van der Waals surface area contributed by atoms with Crippen molar-refractivity contribution in [2.75, 3.05) is 26.6 Å². The number of benzene rings is 2. The van der Waals surface area contributed by atoms with Crippen molar-refractivity contribution in [3.8, 4) is 11.5 Å². The summed E-state index contributed by atoms with van der Waals surface area (Å²) >= 11 is 0. The Morgan fingerprint density at radius 2 is 1.70 bits per heavy atom. The van der Waals surface area contributed by atoms with Crippen molar-refractivity contribution in [1.82, 2.24) is 4.90 Å². The van der Waals surface area contributed by atoms with Gasteiger partial charge >= 0.3 is 0 Å². The molecule has 0 heterocycles. The highest BCUT2D eigenvalue weighted by Crippen LogP contribution is 2.31. The third-order valence-electron chi connectivity index (χ3n) is 4.51. The second kappa shape index (κ2) is 8.81. The Kier molecular flexibility index (Phi) is 6.74. The van der Waals surface area contributed by atoms with Gasteiger partial charge in [-0.25, -0.2) is 8.78 Å². The molecule has 0 bridgehead atoms. The van der Waals surface area contributed by atoms with E-state index in [-0.39, 0.29) is 0 Å². The summed E-state index contributed by atoms with van der Waals surface area (Å²) in [5.74, 6) is -0.901.